The summed E-state index contributed by atoms with van der Waals surface area (Å²) in [5.41, 5.74) is 2.85. The van der Waals surface area contributed by atoms with Crippen LogP contribution in [0.1, 0.15) is 29.8 Å². The van der Waals surface area contributed by atoms with Crippen LogP contribution in [-0.4, -0.2) is 34.3 Å². The van der Waals surface area contributed by atoms with Crippen LogP contribution >= 0.6 is 11.3 Å². The third-order valence-electron chi connectivity index (χ3n) is 4.10. The summed E-state index contributed by atoms with van der Waals surface area (Å²) in [6, 6.07) is 3.77. The Kier molecular flexibility index (Phi) is 4.84. The van der Waals surface area contributed by atoms with Crippen molar-refractivity contribution >= 4 is 17.2 Å². The first-order valence-electron chi connectivity index (χ1n) is 7.66. The molecule has 1 aliphatic rings. The molecule has 3 heterocycles. The molecule has 0 amide bonds. The van der Waals surface area contributed by atoms with Gasteiger partial charge in [-0.15, -0.1) is 11.3 Å². The van der Waals surface area contributed by atoms with Gasteiger partial charge in [0.1, 0.15) is 5.82 Å². The Hall–Kier alpha value is -1.73. The number of aromatic nitrogens is 3. The number of piperidine rings is 1. The summed E-state index contributed by atoms with van der Waals surface area (Å²) in [5, 5.41) is 10.2. The Labute approximate surface area is 133 Å². The molecule has 1 aliphatic heterocycles. The van der Waals surface area contributed by atoms with Gasteiger partial charge in [-0.2, -0.15) is 5.10 Å². The van der Waals surface area contributed by atoms with E-state index in [4.69, 9.17) is 0 Å². The highest BCUT2D eigenvalue weighted by Gasteiger charge is 2.23. The summed E-state index contributed by atoms with van der Waals surface area (Å²) in [6.45, 7) is 4.81. The Balaban J connectivity index is 1.61. The number of aromatic amines is 1. The first kappa shape index (κ1) is 15.2. The van der Waals surface area contributed by atoms with Gasteiger partial charge in [0.25, 0.3) is 5.56 Å². The average molecular weight is 319 g/mol. The predicted molar refractivity (Wildman–Crippen MR) is 88.4 cm³/mol. The summed E-state index contributed by atoms with van der Waals surface area (Å²) in [5.74, 6) is 0.861. The van der Waals surface area contributed by atoms with Crippen molar-refractivity contribution in [1.82, 2.24) is 20.5 Å². The number of aryl methyl sites for hydroxylation is 1. The first-order chi connectivity index (χ1) is 10.7. The molecule has 2 aromatic heterocycles. The molecule has 2 aromatic rings. The fraction of sp³-hybridized carbons (Fsp3) is 0.533. The first-order valence-corrected chi connectivity index (χ1v) is 8.54. The molecule has 1 saturated heterocycles. The molecule has 118 valence electrons. The number of H-pyrrole nitrogens is 1. The van der Waals surface area contributed by atoms with E-state index in [0.717, 1.165) is 37.6 Å². The van der Waals surface area contributed by atoms with Crippen LogP contribution in [0.15, 0.2) is 22.4 Å². The maximum atomic E-state index is 11.2. The lowest BCUT2D eigenvalue weighted by Crippen LogP contribution is -2.46. The lowest BCUT2D eigenvalue weighted by atomic mass is 10.0. The minimum Gasteiger partial charge on any atom is -0.351 e. The maximum absolute atomic E-state index is 11.2. The van der Waals surface area contributed by atoms with Crippen LogP contribution < -0.4 is 15.8 Å². The second-order valence-corrected chi connectivity index (χ2v) is 6.55. The normalized spacial score (nSPS) is 18.6. The molecular weight excluding hydrogens is 298 g/mol. The van der Waals surface area contributed by atoms with Crippen LogP contribution in [0.3, 0.4) is 0 Å². The van der Waals surface area contributed by atoms with E-state index < -0.39 is 0 Å². The molecule has 0 spiro atoms. The van der Waals surface area contributed by atoms with Crippen molar-refractivity contribution in [1.29, 1.82) is 0 Å². The van der Waals surface area contributed by atoms with Crippen molar-refractivity contribution in [3.05, 3.63) is 38.6 Å². The highest BCUT2D eigenvalue weighted by atomic mass is 32.1. The van der Waals surface area contributed by atoms with Crippen LogP contribution in [-0.2, 0) is 6.54 Å². The van der Waals surface area contributed by atoms with E-state index in [-0.39, 0.29) is 5.56 Å². The zero-order chi connectivity index (χ0) is 15.4. The van der Waals surface area contributed by atoms with E-state index in [2.05, 4.69) is 25.4 Å². The summed E-state index contributed by atoms with van der Waals surface area (Å²) >= 11 is 1.70. The zero-order valence-electron chi connectivity index (χ0n) is 12.7. The Morgan fingerprint density at radius 2 is 2.36 bits per heavy atom. The van der Waals surface area contributed by atoms with Crippen LogP contribution in [0.25, 0.3) is 0 Å². The molecule has 1 unspecified atom stereocenters. The molecule has 3 rings (SSSR count). The quantitative estimate of drug-likeness (QED) is 0.877. The number of nitrogens with zero attached hydrogens (tertiary/aromatic N) is 3. The van der Waals surface area contributed by atoms with Crippen LogP contribution in [0.5, 0.6) is 0 Å². The van der Waals surface area contributed by atoms with Crippen molar-refractivity contribution in [2.75, 3.05) is 18.0 Å². The largest absolute Gasteiger partial charge is 0.351 e. The molecule has 22 heavy (non-hydrogen) atoms. The number of hydrogen-bond acceptors (Lipinski definition) is 6. The van der Waals surface area contributed by atoms with E-state index in [9.17, 15) is 4.79 Å². The predicted octanol–water partition coefficient (Wildman–Crippen LogP) is 1.68. The highest BCUT2D eigenvalue weighted by molar-refractivity contribution is 7.09. The van der Waals surface area contributed by atoms with Gasteiger partial charge in [0.05, 0.1) is 11.2 Å². The third-order valence-corrected chi connectivity index (χ3v) is 5.03. The Morgan fingerprint density at radius 3 is 3.09 bits per heavy atom. The molecule has 0 saturated carbocycles. The molecule has 6 nitrogen and oxygen atoms in total. The van der Waals surface area contributed by atoms with Gasteiger partial charge in [0.2, 0.25) is 0 Å². The maximum Gasteiger partial charge on any atom is 0.264 e. The Bertz CT molecular complexity index is 647. The SMILES string of the molecule is Cc1ncsc1CNCC1CCCCN1c1ccc(=O)[nH]n1. The third kappa shape index (κ3) is 3.53. The molecule has 0 aromatic carbocycles. The van der Waals surface area contributed by atoms with Crippen molar-refractivity contribution in [2.24, 2.45) is 0 Å². The van der Waals surface area contributed by atoms with E-state index in [1.807, 2.05) is 18.5 Å². The molecule has 2 N–H and O–H groups in total. The summed E-state index contributed by atoms with van der Waals surface area (Å²) in [6.07, 6.45) is 3.56. The minimum atomic E-state index is -0.156. The van der Waals surface area contributed by atoms with Crippen LogP contribution in [0.4, 0.5) is 5.82 Å². The fourth-order valence-corrected chi connectivity index (χ4v) is 3.61. The number of nitrogens with one attached hydrogen (secondary N) is 2. The monoisotopic (exact) mass is 319 g/mol. The van der Waals surface area contributed by atoms with Gasteiger partial charge in [-0.05, 0) is 32.3 Å². The van der Waals surface area contributed by atoms with Gasteiger partial charge in [0.15, 0.2) is 0 Å². The standard InChI is InChI=1S/C15H21N5OS/c1-11-13(22-10-17-11)9-16-8-12-4-2-3-7-20(12)14-5-6-15(21)19-18-14/h5-6,10,12,16H,2-4,7-9H2,1H3,(H,19,21). The van der Waals surface area contributed by atoms with E-state index in [1.54, 1.807) is 17.4 Å². The van der Waals surface area contributed by atoms with E-state index >= 15 is 0 Å². The van der Waals surface area contributed by atoms with Crippen molar-refractivity contribution < 1.29 is 0 Å². The molecule has 1 fully saturated rings. The molecule has 1 atom stereocenters. The second kappa shape index (κ2) is 7.02. The second-order valence-electron chi connectivity index (χ2n) is 5.61. The highest BCUT2D eigenvalue weighted by Crippen LogP contribution is 2.22. The summed E-state index contributed by atoms with van der Waals surface area (Å²) in [7, 11) is 0. The molecule has 0 radical (unpaired) electrons. The Morgan fingerprint density at radius 1 is 1.45 bits per heavy atom. The number of rotatable bonds is 5. The lowest BCUT2D eigenvalue weighted by Gasteiger charge is -2.36. The summed E-state index contributed by atoms with van der Waals surface area (Å²) < 4.78 is 0. The number of hydrogen-bond donors (Lipinski definition) is 2. The van der Waals surface area contributed by atoms with Crippen molar-refractivity contribution in [2.45, 2.75) is 38.8 Å². The van der Waals surface area contributed by atoms with Crippen LogP contribution in [0, 0.1) is 6.92 Å². The van der Waals surface area contributed by atoms with Gasteiger partial charge in [0, 0.05) is 36.6 Å². The van der Waals surface area contributed by atoms with Gasteiger partial charge < -0.3 is 10.2 Å². The van der Waals surface area contributed by atoms with Crippen molar-refractivity contribution in [3.8, 4) is 0 Å². The van der Waals surface area contributed by atoms with E-state index in [0.29, 0.717) is 6.04 Å². The minimum absolute atomic E-state index is 0.156. The molecule has 0 bridgehead atoms. The van der Waals surface area contributed by atoms with Gasteiger partial charge in [-0.3, -0.25) is 4.79 Å². The lowest BCUT2D eigenvalue weighted by molar-refractivity contribution is 0.431. The van der Waals surface area contributed by atoms with E-state index in [1.165, 1.54) is 17.7 Å². The fourth-order valence-electron chi connectivity index (χ4n) is 2.86. The average Bonchev–Trinajstić information content (AvgIpc) is 2.94. The van der Waals surface area contributed by atoms with Gasteiger partial charge in [-0.1, -0.05) is 0 Å². The smallest absolute Gasteiger partial charge is 0.264 e. The number of anilines is 1. The number of thiazole rings is 1. The van der Waals surface area contributed by atoms with Crippen LogP contribution in [0.2, 0.25) is 0 Å². The summed E-state index contributed by atoms with van der Waals surface area (Å²) in [4.78, 5) is 19.0. The zero-order valence-corrected chi connectivity index (χ0v) is 13.5. The van der Waals surface area contributed by atoms with Crippen molar-refractivity contribution in [3.63, 3.8) is 0 Å². The molecule has 7 heteroatoms. The molecular formula is C15H21N5OS. The molecule has 0 aliphatic carbocycles. The van der Waals surface area contributed by atoms with Gasteiger partial charge >= 0.3 is 0 Å². The topological polar surface area (TPSA) is 73.9 Å². The van der Waals surface area contributed by atoms with Gasteiger partial charge in [-0.25, -0.2) is 10.1 Å².